The molecule has 0 heterocycles. The average molecular weight is 280 g/mol. The Morgan fingerprint density at radius 3 is 2.55 bits per heavy atom. The molecule has 0 fully saturated rings. The Balaban J connectivity index is 2.56. The third-order valence-electron chi connectivity index (χ3n) is 4.32. The Hall–Kier alpha value is -1.59. The number of aryl methyl sites for hydroxylation is 1. The highest BCUT2D eigenvalue weighted by atomic mass is 16.3. The van der Waals surface area contributed by atoms with E-state index in [0.29, 0.717) is 30.4 Å². The second kappa shape index (κ2) is 5.07. The van der Waals surface area contributed by atoms with Gasteiger partial charge >= 0.3 is 0 Å². The number of hydrogen-bond acceptors (Lipinski definition) is 5. The zero-order chi connectivity index (χ0) is 15.1. The molecule has 0 radical (unpaired) electrons. The van der Waals surface area contributed by atoms with E-state index in [4.69, 9.17) is 0 Å². The van der Waals surface area contributed by atoms with Crippen LogP contribution in [-0.4, -0.2) is 32.6 Å². The Bertz CT molecular complexity index is 592. The topological polar surface area (TPSA) is 98.0 Å². The van der Waals surface area contributed by atoms with Crippen LogP contribution in [0.4, 0.5) is 0 Å². The van der Waals surface area contributed by atoms with E-state index < -0.39 is 16.8 Å². The number of fused-ring (bicyclic) bond motifs is 1. The Morgan fingerprint density at radius 1 is 1.30 bits per heavy atom. The molecule has 0 aliphatic heterocycles. The van der Waals surface area contributed by atoms with E-state index in [-0.39, 0.29) is 18.3 Å². The molecule has 4 N–H and O–H groups in total. The lowest BCUT2D eigenvalue weighted by atomic mass is 9.75. The normalized spacial score (nSPS) is 21.1. The molecule has 1 aromatic carbocycles. The van der Waals surface area contributed by atoms with E-state index in [9.17, 15) is 25.2 Å². The summed E-state index contributed by atoms with van der Waals surface area (Å²) >= 11 is 0. The first-order valence-corrected chi connectivity index (χ1v) is 6.68. The summed E-state index contributed by atoms with van der Waals surface area (Å²) in [5.74, 6) is -1.14. The van der Waals surface area contributed by atoms with Gasteiger partial charge < -0.3 is 20.4 Å². The van der Waals surface area contributed by atoms with Gasteiger partial charge in [0.25, 0.3) is 0 Å². The molecular formula is C15H20O5. The fourth-order valence-corrected chi connectivity index (χ4v) is 2.87. The molecular weight excluding hydrogens is 260 g/mol. The SMILES string of the molecule is Cc1cc(=O)c(O)c(O)c2c1C[C@H]([C@](C)(O)CO)CC2. The van der Waals surface area contributed by atoms with Crippen LogP contribution in [0, 0.1) is 12.8 Å². The second-order valence-corrected chi connectivity index (χ2v) is 5.80. The van der Waals surface area contributed by atoms with Crippen LogP contribution in [-0.2, 0) is 12.8 Å². The standard InChI is InChI=1S/C15H20O5/c1-8-5-12(17)14(19)13(18)10-4-3-9(6-11(8)10)15(2,20)7-16/h5,9,16,20H,3-4,6-7H2,1-2H3,(H2,17,18,19)/t9-,15-/m1/s1. The van der Waals surface area contributed by atoms with Gasteiger partial charge in [-0.05, 0) is 56.2 Å². The fraction of sp³-hybridized carbons (Fsp3) is 0.533. The van der Waals surface area contributed by atoms with E-state index in [1.54, 1.807) is 13.8 Å². The quantitative estimate of drug-likeness (QED) is 0.636. The lowest BCUT2D eigenvalue weighted by molar-refractivity contribution is -0.0509. The van der Waals surface area contributed by atoms with Gasteiger partial charge in [0.2, 0.25) is 11.2 Å². The van der Waals surface area contributed by atoms with Gasteiger partial charge in [-0.2, -0.15) is 0 Å². The van der Waals surface area contributed by atoms with Gasteiger partial charge in [0.1, 0.15) is 0 Å². The summed E-state index contributed by atoms with van der Waals surface area (Å²) in [6.07, 6.45) is 1.48. The molecule has 5 heteroatoms. The largest absolute Gasteiger partial charge is 0.504 e. The number of rotatable bonds is 2. The molecule has 1 aliphatic carbocycles. The molecule has 1 aromatic rings. The second-order valence-electron chi connectivity index (χ2n) is 5.80. The van der Waals surface area contributed by atoms with Crippen LogP contribution in [0.25, 0.3) is 0 Å². The van der Waals surface area contributed by atoms with Crippen LogP contribution in [0.3, 0.4) is 0 Å². The predicted molar refractivity (Wildman–Crippen MR) is 74.0 cm³/mol. The predicted octanol–water partition coefficient (Wildman–Crippen LogP) is 0.615. The van der Waals surface area contributed by atoms with Crippen molar-refractivity contribution in [3.05, 3.63) is 33.0 Å². The molecule has 2 rings (SSSR count). The van der Waals surface area contributed by atoms with Crippen molar-refractivity contribution in [2.45, 2.75) is 38.7 Å². The summed E-state index contributed by atoms with van der Waals surface area (Å²) < 4.78 is 0. The van der Waals surface area contributed by atoms with Crippen LogP contribution in [0.1, 0.15) is 30.0 Å². The van der Waals surface area contributed by atoms with Crippen molar-refractivity contribution in [3.63, 3.8) is 0 Å². The summed E-state index contributed by atoms with van der Waals surface area (Å²) in [5, 5.41) is 39.1. The molecule has 1 aliphatic rings. The smallest absolute Gasteiger partial charge is 0.224 e. The molecule has 0 saturated heterocycles. The van der Waals surface area contributed by atoms with Crippen molar-refractivity contribution in [3.8, 4) is 11.5 Å². The fourth-order valence-electron chi connectivity index (χ4n) is 2.87. The number of aliphatic hydroxyl groups is 2. The van der Waals surface area contributed by atoms with Crippen molar-refractivity contribution in [2.75, 3.05) is 6.61 Å². The average Bonchev–Trinajstić information content (AvgIpc) is 2.51. The van der Waals surface area contributed by atoms with Crippen LogP contribution in [0.5, 0.6) is 11.5 Å². The summed E-state index contributed by atoms with van der Waals surface area (Å²) in [4.78, 5) is 11.7. The summed E-state index contributed by atoms with van der Waals surface area (Å²) in [6.45, 7) is 2.99. The minimum atomic E-state index is -1.20. The molecule has 0 aromatic heterocycles. The molecule has 0 unspecified atom stereocenters. The van der Waals surface area contributed by atoms with E-state index in [0.717, 1.165) is 5.56 Å². The minimum absolute atomic E-state index is 0.155. The molecule has 0 spiro atoms. The Labute approximate surface area is 117 Å². The van der Waals surface area contributed by atoms with Gasteiger partial charge in [0, 0.05) is 5.56 Å². The van der Waals surface area contributed by atoms with Crippen LogP contribution in [0.2, 0.25) is 0 Å². The van der Waals surface area contributed by atoms with E-state index in [2.05, 4.69) is 0 Å². The first-order valence-electron chi connectivity index (χ1n) is 6.68. The monoisotopic (exact) mass is 280 g/mol. The molecule has 2 atom stereocenters. The molecule has 0 saturated carbocycles. The first-order chi connectivity index (χ1) is 9.27. The van der Waals surface area contributed by atoms with Crippen LogP contribution in [0.15, 0.2) is 10.9 Å². The highest BCUT2D eigenvalue weighted by Gasteiger charge is 2.35. The molecule has 20 heavy (non-hydrogen) atoms. The maximum absolute atomic E-state index is 11.7. The van der Waals surface area contributed by atoms with Crippen molar-refractivity contribution in [2.24, 2.45) is 5.92 Å². The maximum atomic E-state index is 11.7. The number of aromatic hydroxyl groups is 2. The molecule has 0 bridgehead atoms. The first kappa shape index (κ1) is 14.8. The molecule has 110 valence electrons. The van der Waals surface area contributed by atoms with Crippen LogP contribution >= 0.6 is 0 Å². The number of hydrogen-bond donors (Lipinski definition) is 4. The van der Waals surface area contributed by atoms with Gasteiger partial charge in [0.05, 0.1) is 12.2 Å². The summed E-state index contributed by atoms with van der Waals surface area (Å²) in [6, 6.07) is 1.30. The van der Waals surface area contributed by atoms with Gasteiger partial charge in [-0.25, -0.2) is 0 Å². The van der Waals surface area contributed by atoms with Gasteiger partial charge in [-0.1, -0.05) is 0 Å². The van der Waals surface area contributed by atoms with Gasteiger partial charge in [0.15, 0.2) is 5.75 Å². The lowest BCUT2D eigenvalue weighted by Crippen LogP contribution is -2.41. The van der Waals surface area contributed by atoms with Crippen molar-refractivity contribution in [1.82, 2.24) is 0 Å². The van der Waals surface area contributed by atoms with E-state index in [1.165, 1.54) is 6.07 Å². The highest BCUT2D eigenvalue weighted by molar-refractivity contribution is 5.51. The molecule has 5 nitrogen and oxygen atoms in total. The van der Waals surface area contributed by atoms with E-state index >= 15 is 0 Å². The van der Waals surface area contributed by atoms with Crippen LogP contribution < -0.4 is 5.43 Å². The third kappa shape index (κ3) is 2.39. The van der Waals surface area contributed by atoms with Crippen molar-refractivity contribution >= 4 is 0 Å². The summed E-state index contributed by atoms with van der Waals surface area (Å²) in [5.41, 5.74) is 0.201. The Kier molecular flexibility index (Phi) is 3.75. The van der Waals surface area contributed by atoms with Gasteiger partial charge in [-0.3, -0.25) is 4.79 Å². The summed E-state index contributed by atoms with van der Waals surface area (Å²) in [7, 11) is 0. The van der Waals surface area contributed by atoms with Gasteiger partial charge in [-0.15, -0.1) is 0 Å². The maximum Gasteiger partial charge on any atom is 0.224 e. The highest BCUT2D eigenvalue weighted by Crippen LogP contribution is 2.38. The van der Waals surface area contributed by atoms with Crippen molar-refractivity contribution < 1.29 is 20.4 Å². The molecule has 0 amide bonds. The minimum Gasteiger partial charge on any atom is -0.504 e. The zero-order valence-corrected chi connectivity index (χ0v) is 11.7. The third-order valence-corrected chi connectivity index (χ3v) is 4.32. The van der Waals surface area contributed by atoms with Crippen molar-refractivity contribution in [1.29, 1.82) is 0 Å². The zero-order valence-electron chi connectivity index (χ0n) is 11.7. The van der Waals surface area contributed by atoms with E-state index in [1.807, 2.05) is 0 Å². The lowest BCUT2D eigenvalue weighted by Gasteiger charge is -2.35. The Morgan fingerprint density at radius 2 is 1.95 bits per heavy atom. The number of aliphatic hydroxyl groups excluding tert-OH is 1.